The summed E-state index contributed by atoms with van der Waals surface area (Å²) in [4.78, 5) is 0. The third kappa shape index (κ3) is 6.62. The summed E-state index contributed by atoms with van der Waals surface area (Å²) in [6, 6.07) is 0. The van der Waals surface area contributed by atoms with E-state index in [1.165, 1.54) is 6.42 Å². The Kier molecular flexibility index (Phi) is 4.80. The van der Waals surface area contributed by atoms with Crippen LogP contribution in [-0.4, -0.2) is 12.1 Å². The van der Waals surface area contributed by atoms with Crippen molar-refractivity contribution < 1.29 is 0 Å². The molecule has 0 amide bonds. The second-order valence-electron chi connectivity index (χ2n) is 4.92. The number of nitrogens with two attached hydrogens (primary N) is 2. The van der Waals surface area contributed by atoms with Crippen LogP contribution >= 0.6 is 0 Å². The van der Waals surface area contributed by atoms with Gasteiger partial charge in [-0.15, -0.1) is 0 Å². The van der Waals surface area contributed by atoms with Gasteiger partial charge in [-0.2, -0.15) is 0 Å². The van der Waals surface area contributed by atoms with Gasteiger partial charge in [0.05, 0.1) is 0 Å². The Morgan fingerprint density at radius 1 is 1.25 bits per heavy atom. The fraction of sp³-hybridized carbons (Fsp3) is 1.00. The molecule has 74 valence electrons. The lowest BCUT2D eigenvalue weighted by molar-refractivity contribution is 0.319. The summed E-state index contributed by atoms with van der Waals surface area (Å²) >= 11 is 0. The van der Waals surface area contributed by atoms with Crippen LogP contribution in [0.25, 0.3) is 0 Å². The van der Waals surface area contributed by atoms with Crippen molar-refractivity contribution in [1.29, 1.82) is 0 Å². The van der Waals surface area contributed by atoms with Crippen LogP contribution in [0.15, 0.2) is 0 Å². The molecule has 0 aliphatic rings. The van der Waals surface area contributed by atoms with Crippen molar-refractivity contribution in [3.63, 3.8) is 0 Å². The quantitative estimate of drug-likeness (QED) is 0.663. The molecule has 4 N–H and O–H groups in total. The molecule has 0 heterocycles. The molecular formula is C10H24N2. The second kappa shape index (κ2) is 4.83. The molecule has 0 saturated heterocycles. The molecule has 2 nitrogen and oxygen atoms in total. The number of hydrogen-bond acceptors (Lipinski definition) is 2. The van der Waals surface area contributed by atoms with Crippen LogP contribution in [0.4, 0.5) is 0 Å². The van der Waals surface area contributed by atoms with E-state index in [0.29, 0.717) is 5.92 Å². The Balaban J connectivity index is 3.83. The first-order chi connectivity index (χ1) is 5.35. The van der Waals surface area contributed by atoms with Crippen molar-refractivity contribution in [2.75, 3.05) is 6.54 Å². The van der Waals surface area contributed by atoms with Crippen LogP contribution < -0.4 is 11.5 Å². The van der Waals surface area contributed by atoms with Gasteiger partial charge in [-0.05, 0) is 45.1 Å². The lowest BCUT2D eigenvalue weighted by Crippen LogP contribution is -2.36. The standard InChI is InChI=1S/C10H24N2/c1-8(2)5-9(7-11)6-10(3,4)12/h8-9H,5-7,11-12H2,1-4H3. The predicted molar refractivity (Wildman–Crippen MR) is 54.9 cm³/mol. The van der Waals surface area contributed by atoms with Gasteiger partial charge in [-0.25, -0.2) is 0 Å². The SMILES string of the molecule is CC(C)CC(CN)CC(C)(C)N. The van der Waals surface area contributed by atoms with Gasteiger partial charge in [0.1, 0.15) is 0 Å². The minimum atomic E-state index is -0.0705. The molecule has 0 radical (unpaired) electrons. The molecule has 0 spiro atoms. The van der Waals surface area contributed by atoms with Gasteiger partial charge in [0.2, 0.25) is 0 Å². The van der Waals surface area contributed by atoms with Crippen molar-refractivity contribution in [3.05, 3.63) is 0 Å². The molecular weight excluding hydrogens is 148 g/mol. The molecule has 0 aromatic carbocycles. The fourth-order valence-electron chi connectivity index (χ4n) is 1.67. The largest absolute Gasteiger partial charge is 0.330 e. The first kappa shape index (κ1) is 11.9. The zero-order valence-electron chi connectivity index (χ0n) is 8.93. The van der Waals surface area contributed by atoms with Crippen LogP contribution in [0.5, 0.6) is 0 Å². The van der Waals surface area contributed by atoms with Gasteiger partial charge in [-0.3, -0.25) is 0 Å². The first-order valence-electron chi connectivity index (χ1n) is 4.84. The molecule has 0 fully saturated rings. The Bertz CT molecular complexity index is 113. The van der Waals surface area contributed by atoms with Gasteiger partial charge in [0.15, 0.2) is 0 Å². The molecule has 0 aromatic rings. The lowest BCUT2D eigenvalue weighted by atomic mass is 9.86. The van der Waals surface area contributed by atoms with E-state index in [4.69, 9.17) is 11.5 Å². The van der Waals surface area contributed by atoms with E-state index in [2.05, 4.69) is 27.7 Å². The summed E-state index contributed by atoms with van der Waals surface area (Å²) in [5.74, 6) is 1.31. The molecule has 0 aliphatic heterocycles. The molecule has 0 rings (SSSR count). The van der Waals surface area contributed by atoms with E-state index in [0.717, 1.165) is 18.9 Å². The number of rotatable bonds is 5. The van der Waals surface area contributed by atoms with Crippen LogP contribution in [0, 0.1) is 11.8 Å². The fourth-order valence-corrected chi connectivity index (χ4v) is 1.67. The summed E-state index contributed by atoms with van der Waals surface area (Å²) in [5, 5.41) is 0. The van der Waals surface area contributed by atoms with Gasteiger partial charge >= 0.3 is 0 Å². The van der Waals surface area contributed by atoms with Crippen LogP contribution in [-0.2, 0) is 0 Å². The third-order valence-electron chi connectivity index (χ3n) is 1.95. The molecule has 0 bridgehead atoms. The summed E-state index contributed by atoms with van der Waals surface area (Å²) < 4.78 is 0. The highest BCUT2D eigenvalue weighted by molar-refractivity contribution is 4.77. The monoisotopic (exact) mass is 172 g/mol. The van der Waals surface area contributed by atoms with Crippen LogP contribution in [0.1, 0.15) is 40.5 Å². The first-order valence-corrected chi connectivity index (χ1v) is 4.84. The normalized spacial score (nSPS) is 15.2. The van der Waals surface area contributed by atoms with Crippen molar-refractivity contribution in [1.82, 2.24) is 0 Å². The minimum absolute atomic E-state index is 0.0705. The molecule has 0 saturated carbocycles. The molecule has 0 aromatic heterocycles. The lowest BCUT2D eigenvalue weighted by Gasteiger charge is -2.26. The topological polar surface area (TPSA) is 52.0 Å². The van der Waals surface area contributed by atoms with E-state index in [9.17, 15) is 0 Å². The Morgan fingerprint density at radius 2 is 1.75 bits per heavy atom. The molecule has 2 heteroatoms. The maximum atomic E-state index is 5.93. The van der Waals surface area contributed by atoms with Crippen LogP contribution in [0.2, 0.25) is 0 Å². The van der Waals surface area contributed by atoms with E-state index in [-0.39, 0.29) is 5.54 Å². The Morgan fingerprint density at radius 3 is 2.00 bits per heavy atom. The molecule has 1 atom stereocenters. The zero-order chi connectivity index (χ0) is 9.78. The van der Waals surface area contributed by atoms with Crippen molar-refractivity contribution in [2.24, 2.45) is 23.3 Å². The maximum absolute atomic E-state index is 5.93. The number of hydrogen-bond donors (Lipinski definition) is 2. The summed E-state index contributed by atoms with van der Waals surface area (Å²) in [7, 11) is 0. The van der Waals surface area contributed by atoms with E-state index in [1.54, 1.807) is 0 Å². The van der Waals surface area contributed by atoms with Crippen molar-refractivity contribution >= 4 is 0 Å². The average molecular weight is 172 g/mol. The van der Waals surface area contributed by atoms with Gasteiger partial charge in [0, 0.05) is 5.54 Å². The van der Waals surface area contributed by atoms with E-state index >= 15 is 0 Å². The summed E-state index contributed by atoms with van der Waals surface area (Å²) in [5.41, 5.74) is 11.5. The third-order valence-corrected chi connectivity index (χ3v) is 1.95. The molecule has 1 unspecified atom stereocenters. The summed E-state index contributed by atoms with van der Waals surface area (Å²) in [6.07, 6.45) is 2.22. The van der Waals surface area contributed by atoms with Gasteiger partial charge in [0.25, 0.3) is 0 Å². The van der Waals surface area contributed by atoms with Crippen molar-refractivity contribution in [3.8, 4) is 0 Å². The second-order valence-corrected chi connectivity index (χ2v) is 4.92. The smallest absolute Gasteiger partial charge is 0.0100 e. The highest BCUT2D eigenvalue weighted by Gasteiger charge is 2.18. The van der Waals surface area contributed by atoms with E-state index in [1.807, 2.05) is 0 Å². The Hall–Kier alpha value is -0.0800. The van der Waals surface area contributed by atoms with Crippen molar-refractivity contribution in [2.45, 2.75) is 46.1 Å². The zero-order valence-corrected chi connectivity index (χ0v) is 8.93. The predicted octanol–water partition coefficient (Wildman–Crippen LogP) is 1.73. The maximum Gasteiger partial charge on any atom is 0.0100 e. The van der Waals surface area contributed by atoms with E-state index < -0.39 is 0 Å². The van der Waals surface area contributed by atoms with Crippen LogP contribution in [0.3, 0.4) is 0 Å². The molecule has 0 aliphatic carbocycles. The minimum Gasteiger partial charge on any atom is -0.330 e. The summed E-state index contributed by atoms with van der Waals surface area (Å²) in [6.45, 7) is 9.35. The average Bonchev–Trinajstić information content (AvgIpc) is 1.82. The highest BCUT2D eigenvalue weighted by Crippen LogP contribution is 2.19. The molecule has 12 heavy (non-hydrogen) atoms. The van der Waals surface area contributed by atoms with Gasteiger partial charge in [-0.1, -0.05) is 13.8 Å². The highest BCUT2D eigenvalue weighted by atomic mass is 14.7. The van der Waals surface area contributed by atoms with Gasteiger partial charge < -0.3 is 11.5 Å². The Labute approximate surface area is 76.7 Å².